The normalized spacial score (nSPS) is 21.8. The molecule has 0 radical (unpaired) electrons. The van der Waals surface area contributed by atoms with E-state index in [1.807, 2.05) is 0 Å². The Morgan fingerprint density at radius 2 is 2.20 bits per heavy atom. The highest BCUT2D eigenvalue weighted by Crippen LogP contribution is 2.42. The van der Waals surface area contributed by atoms with Gasteiger partial charge in [0, 0.05) is 0 Å². The molecule has 0 aromatic heterocycles. The van der Waals surface area contributed by atoms with Crippen LogP contribution >= 0.6 is 15.9 Å². The molecule has 1 unspecified atom stereocenters. The Kier molecular flexibility index (Phi) is 4.51. The van der Waals surface area contributed by atoms with E-state index in [-0.39, 0.29) is 0 Å². The molecule has 0 bridgehead atoms. The molecule has 0 amide bonds. The molecule has 3 rings (SSSR count). The van der Waals surface area contributed by atoms with Gasteiger partial charge < -0.3 is 14.8 Å². The van der Waals surface area contributed by atoms with Crippen LogP contribution < -0.4 is 14.8 Å². The number of fused-ring (bicyclic) bond motifs is 1. The van der Waals surface area contributed by atoms with Crippen LogP contribution in [-0.2, 0) is 12.8 Å². The summed E-state index contributed by atoms with van der Waals surface area (Å²) in [7, 11) is 0. The molecular weight excluding hydrogens is 318 g/mol. The molecule has 0 saturated carbocycles. The topological polar surface area (TPSA) is 30.5 Å². The molecule has 1 saturated heterocycles. The van der Waals surface area contributed by atoms with Gasteiger partial charge in [0.1, 0.15) is 13.2 Å². The lowest BCUT2D eigenvalue weighted by Gasteiger charge is -2.26. The summed E-state index contributed by atoms with van der Waals surface area (Å²) < 4.78 is 12.6. The van der Waals surface area contributed by atoms with Crippen LogP contribution in [0.15, 0.2) is 10.5 Å². The smallest absolute Gasteiger partial charge is 0.175 e. The predicted molar refractivity (Wildman–Crippen MR) is 83.8 cm³/mol. The van der Waals surface area contributed by atoms with Crippen molar-refractivity contribution >= 4 is 15.9 Å². The molecule has 1 aromatic carbocycles. The molecule has 1 aromatic rings. The summed E-state index contributed by atoms with van der Waals surface area (Å²) in [5, 5.41) is 3.50. The average Bonchev–Trinajstić information content (AvgIpc) is 2.49. The number of hydrogen-bond acceptors (Lipinski definition) is 3. The van der Waals surface area contributed by atoms with Gasteiger partial charge in [-0.1, -0.05) is 6.92 Å². The molecule has 110 valence electrons. The minimum Gasteiger partial charge on any atom is -0.486 e. The van der Waals surface area contributed by atoms with E-state index in [4.69, 9.17) is 9.47 Å². The van der Waals surface area contributed by atoms with E-state index < -0.39 is 0 Å². The van der Waals surface area contributed by atoms with Crippen molar-refractivity contribution in [1.29, 1.82) is 0 Å². The molecule has 0 aliphatic carbocycles. The average molecular weight is 340 g/mol. The van der Waals surface area contributed by atoms with E-state index in [9.17, 15) is 0 Å². The van der Waals surface area contributed by atoms with Gasteiger partial charge in [-0.15, -0.1) is 0 Å². The van der Waals surface area contributed by atoms with Crippen LogP contribution in [0.1, 0.15) is 30.9 Å². The number of nitrogens with one attached hydrogen (secondary N) is 1. The highest BCUT2D eigenvalue weighted by Gasteiger charge is 2.23. The number of rotatable bonds is 3. The monoisotopic (exact) mass is 339 g/mol. The quantitative estimate of drug-likeness (QED) is 0.916. The van der Waals surface area contributed by atoms with Gasteiger partial charge in [-0.2, -0.15) is 0 Å². The lowest BCUT2D eigenvalue weighted by Crippen LogP contribution is -2.31. The SMILES string of the molecule is CCc1c(CC2CCCNC2)cc2c(c1Br)OCCO2. The maximum Gasteiger partial charge on any atom is 0.175 e. The van der Waals surface area contributed by atoms with Crippen molar-refractivity contribution in [2.75, 3.05) is 26.3 Å². The zero-order valence-electron chi connectivity index (χ0n) is 12.0. The zero-order chi connectivity index (χ0) is 13.9. The highest BCUT2D eigenvalue weighted by molar-refractivity contribution is 9.10. The minimum atomic E-state index is 0.640. The number of halogens is 1. The van der Waals surface area contributed by atoms with Gasteiger partial charge in [-0.25, -0.2) is 0 Å². The molecule has 4 heteroatoms. The number of piperidine rings is 1. The van der Waals surface area contributed by atoms with Crippen molar-refractivity contribution in [2.24, 2.45) is 5.92 Å². The van der Waals surface area contributed by atoms with Gasteiger partial charge in [0.2, 0.25) is 0 Å². The van der Waals surface area contributed by atoms with Crippen LogP contribution in [0.25, 0.3) is 0 Å². The summed E-state index contributed by atoms with van der Waals surface area (Å²) in [6.45, 7) is 5.80. The Morgan fingerprint density at radius 1 is 1.35 bits per heavy atom. The number of benzene rings is 1. The minimum absolute atomic E-state index is 0.640. The second-order valence-corrected chi connectivity index (χ2v) is 6.42. The summed E-state index contributed by atoms with van der Waals surface area (Å²) in [6, 6.07) is 2.20. The fraction of sp³-hybridized carbons (Fsp3) is 0.625. The fourth-order valence-electron chi connectivity index (χ4n) is 3.21. The zero-order valence-corrected chi connectivity index (χ0v) is 13.6. The lowest BCUT2D eigenvalue weighted by molar-refractivity contribution is 0.170. The van der Waals surface area contributed by atoms with Crippen LogP contribution in [0.3, 0.4) is 0 Å². The van der Waals surface area contributed by atoms with Gasteiger partial charge in [0.15, 0.2) is 11.5 Å². The van der Waals surface area contributed by atoms with Crippen molar-refractivity contribution in [3.8, 4) is 11.5 Å². The van der Waals surface area contributed by atoms with Crippen LogP contribution in [-0.4, -0.2) is 26.3 Å². The van der Waals surface area contributed by atoms with Crippen LogP contribution in [0.2, 0.25) is 0 Å². The summed E-state index contributed by atoms with van der Waals surface area (Å²) in [4.78, 5) is 0. The maximum atomic E-state index is 5.76. The van der Waals surface area contributed by atoms with Crippen LogP contribution in [0.5, 0.6) is 11.5 Å². The summed E-state index contributed by atoms with van der Waals surface area (Å²) in [5.41, 5.74) is 2.79. The molecule has 2 aliphatic heterocycles. The molecular formula is C16H22BrNO2. The first kappa shape index (κ1) is 14.2. The van der Waals surface area contributed by atoms with E-state index in [0.717, 1.165) is 41.3 Å². The number of hydrogen-bond donors (Lipinski definition) is 1. The molecule has 1 N–H and O–H groups in total. The van der Waals surface area contributed by atoms with E-state index in [2.05, 4.69) is 34.2 Å². The van der Waals surface area contributed by atoms with Gasteiger partial charge >= 0.3 is 0 Å². The number of ether oxygens (including phenoxy) is 2. The standard InChI is InChI=1S/C16H22BrNO2/c1-2-13-12(8-11-4-3-5-18-10-11)9-14-16(15(13)17)20-7-6-19-14/h9,11,18H,2-8,10H2,1H3. The van der Waals surface area contributed by atoms with Gasteiger partial charge in [-0.05, 0) is 77.8 Å². The van der Waals surface area contributed by atoms with E-state index in [1.165, 1.54) is 30.5 Å². The summed E-state index contributed by atoms with van der Waals surface area (Å²) >= 11 is 3.72. The van der Waals surface area contributed by atoms with Gasteiger partial charge in [-0.3, -0.25) is 0 Å². The summed E-state index contributed by atoms with van der Waals surface area (Å²) in [5.74, 6) is 2.53. The third-order valence-electron chi connectivity index (χ3n) is 4.23. The summed E-state index contributed by atoms with van der Waals surface area (Å²) in [6.07, 6.45) is 4.76. The molecule has 20 heavy (non-hydrogen) atoms. The van der Waals surface area contributed by atoms with Gasteiger partial charge in [0.05, 0.1) is 4.47 Å². The first-order chi connectivity index (χ1) is 9.79. The second-order valence-electron chi connectivity index (χ2n) is 5.62. The largest absolute Gasteiger partial charge is 0.486 e. The van der Waals surface area contributed by atoms with Crippen LogP contribution in [0.4, 0.5) is 0 Å². The van der Waals surface area contributed by atoms with Crippen molar-refractivity contribution < 1.29 is 9.47 Å². The first-order valence-corrected chi connectivity index (χ1v) is 8.39. The third kappa shape index (κ3) is 2.82. The van der Waals surface area contributed by atoms with E-state index in [1.54, 1.807) is 0 Å². The van der Waals surface area contributed by atoms with Crippen molar-refractivity contribution in [3.63, 3.8) is 0 Å². The maximum absolute atomic E-state index is 5.76. The Morgan fingerprint density at radius 3 is 2.95 bits per heavy atom. The van der Waals surface area contributed by atoms with E-state index >= 15 is 0 Å². The highest BCUT2D eigenvalue weighted by atomic mass is 79.9. The predicted octanol–water partition coefficient (Wildman–Crippen LogP) is 3.32. The van der Waals surface area contributed by atoms with E-state index in [0.29, 0.717) is 13.2 Å². The Labute approximate surface area is 129 Å². The molecule has 0 spiro atoms. The molecule has 1 atom stereocenters. The molecule has 1 fully saturated rings. The van der Waals surface area contributed by atoms with Crippen LogP contribution in [0, 0.1) is 5.92 Å². The Bertz CT molecular complexity index is 484. The van der Waals surface area contributed by atoms with Gasteiger partial charge in [0.25, 0.3) is 0 Å². The molecule has 2 aliphatic rings. The molecule has 3 nitrogen and oxygen atoms in total. The van der Waals surface area contributed by atoms with Crippen molar-refractivity contribution in [2.45, 2.75) is 32.6 Å². The third-order valence-corrected chi connectivity index (χ3v) is 5.07. The Balaban J connectivity index is 1.90. The fourth-order valence-corrected chi connectivity index (χ4v) is 4.05. The molecule has 2 heterocycles. The van der Waals surface area contributed by atoms with Crippen molar-refractivity contribution in [1.82, 2.24) is 5.32 Å². The lowest BCUT2D eigenvalue weighted by atomic mass is 9.89. The van der Waals surface area contributed by atoms with Crippen molar-refractivity contribution in [3.05, 3.63) is 21.7 Å². The second kappa shape index (κ2) is 6.35. The first-order valence-electron chi connectivity index (χ1n) is 7.60. The Hall–Kier alpha value is -0.740.